The highest BCUT2D eigenvalue weighted by molar-refractivity contribution is 6.01. The molecule has 4 rings (SSSR count). The summed E-state index contributed by atoms with van der Waals surface area (Å²) in [6.07, 6.45) is -0.0475. The molecule has 29 heavy (non-hydrogen) atoms. The lowest BCUT2D eigenvalue weighted by molar-refractivity contribution is -0.140. The summed E-state index contributed by atoms with van der Waals surface area (Å²) >= 11 is 0. The van der Waals surface area contributed by atoms with Gasteiger partial charge >= 0.3 is 6.03 Å². The van der Waals surface area contributed by atoms with Crippen molar-refractivity contribution < 1.29 is 14.0 Å². The van der Waals surface area contributed by atoms with Gasteiger partial charge in [-0.3, -0.25) is 20.0 Å². The number of carbonyl (C=O) groups excluding carboxylic acids is 2. The summed E-state index contributed by atoms with van der Waals surface area (Å²) in [7, 11) is 1.73. The van der Waals surface area contributed by atoms with Crippen LogP contribution in [0.4, 0.5) is 9.18 Å². The maximum absolute atomic E-state index is 13.3. The fourth-order valence-corrected chi connectivity index (χ4v) is 4.37. The number of amides is 3. The monoisotopic (exact) mass is 402 g/mol. The standard InChI is InChI=1S/C20H27FN6O2/c1-5-10-25-18(28)16-17(24(4)20(25)29)22-19-26(23-12(2)13(3)27(16)19)11-14-6-8-15(21)9-7-14/h6-9,13,16-17,19,22H,5,10-11H2,1-4H3. The Hall–Kier alpha value is -2.52. The molecular formula is C20H27FN6O2. The van der Waals surface area contributed by atoms with E-state index in [4.69, 9.17) is 5.10 Å². The van der Waals surface area contributed by atoms with Crippen LogP contribution >= 0.6 is 0 Å². The molecule has 3 aliphatic rings. The van der Waals surface area contributed by atoms with Crippen molar-refractivity contribution in [3.05, 3.63) is 35.6 Å². The number of nitrogens with one attached hydrogen (secondary N) is 1. The summed E-state index contributed by atoms with van der Waals surface area (Å²) in [5.41, 5.74) is 1.80. The fraction of sp³-hybridized carbons (Fsp3) is 0.550. The minimum atomic E-state index is -0.481. The normalized spacial score (nSPS) is 29.8. The Labute approximate surface area is 169 Å². The molecule has 2 fully saturated rings. The van der Waals surface area contributed by atoms with Crippen LogP contribution in [0, 0.1) is 5.82 Å². The van der Waals surface area contributed by atoms with E-state index in [9.17, 15) is 14.0 Å². The molecule has 156 valence electrons. The van der Waals surface area contributed by atoms with Gasteiger partial charge in [0.1, 0.15) is 18.0 Å². The number of benzene rings is 1. The number of imide groups is 1. The lowest BCUT2D eigenvalue weighted by Gasteiger charge is -2.45. The van der Waals surface area contributed by atoms with E-state index < -0.39 is 12.2 Å². The number of fused-ring (bicyclic) bond motifs is 3. The minimum Gasteiger partial charge on any atom is -0.310 e. The van der Waals surface area contributed by atoms with Crippen molar-refractivity contribution >= 4 is 17.6 Å². The molecule has 3 amide bonds. The first-order chi connectivity index (χ1) is 13.8. The van der Waals surface area contributed by atoms with Crippen molar-refractivity contribution in [1.82, 2.24) is 25.0 Å². The molecule has 0 bridgehead atoms. The highest BCUT2D eigenvalue weighted by Crippen LogP contribution is 2.33. The predicted octanol–water partition coefficient (Wildman–Crippen LogP) is 1.59. The van der Waals surface area contributed by atoms with E-state index in [0.717, 1.165) is 11.3 Å². The van der Waals surface area contributed by atoms with Gasteiger partial charge in [0.2, 0.25) is 0 Å². The molecular weight excluding hydrogens is 375 g/mol. The second kappa shape index (κ2) is 7.38. The second-order valence-corrected chi connectivity index (χ2v) is 7.90. The first kappa shape index (κ1) is 19.8. The van der Waals surface area contributed by atoms with Gasteiger partial charge < -0.3 is 4.90 Å². The van der Waals surface area contributed by atoms with Gasteiger partial charge in [0.25, 0.3) is 5.91 Å². The highest BCUT2D eigenvalue weighted by Gasteiger charge is 2.57. The van der Waals surface area contributed by atoms with Gasteiger partial charge in [0.15, 0.2) is 6.29 Å². The summed E-state index contributed by atoms with van der Waals surface area (Å²) < 4.78 is 13.3. The average Bonchev–Trinajstić information content (AvgIpc) is 3.10. The Bertz CT molecular complexity index is 844. The van der Waals surface area contributed by atoms with E-state index in [1.807, 2.05) is 25.8 Å². The summed E-state index contributed by atoms with van der Waals surface area (Å²) in [4.78, 5) is 31.0. The average molecular weight is 402 g/mol. The molecule has 3 aliphatic heterocycles. The Morgan fingerprint density at radius 1 is 1.21 bits per heavy atom. The molecule has 1 N–H and O–H groups in total. The van der Waals surface area contributed by atoms with Crippen LogP contribution in [-0.2, 0) is 11.3 Å². The molecule has 4 unspecified atom stereocenters. The summed E-state index contributed by atoms with van der Waals surface area (Å²) in [6.45, 7) is 6.79. The van der Waals surface area contributed by atoms with Crippen molar-refractivity contribution in [2.24, 2.45) is 5.10 Å². The maximum atomic E-state index is 13.3. The smallest absolute Gasteiger partial charge is 0.310 e. The Morgan fingerprint density at radius 2 is 1.90 bits per heavy atom. The number of hydrogen-bond donors (Lipinski definition) is 1. The number of carbonyl (C=O) groups is 2. The molecule has 1 aromatic carbocycles. The molecule has 0 spiro atoms. The zero-order valence-corrected chi connectivity index (χ0v) is 17.2. The summed E-state index contributed by atoms with van der Waals surface area (Å²) in [6, 6.07) is 5.50. The van der Waals surface area contributed by atoms with Gasteiger partial charge in [-0.15, -0.1) is 0 Å². The first-order valence-electron chi connectivity index (χ1n) is 10.0. The number of likely N-dealkylation sites (N-methyl/N-ethyl adjacent to an activating group) is 1. The van der Waals surface area contributed by atoms with E-state index >= 15 is 0 Å². The fourth-order valence-electron chi connectivity index (χ4n) is 4.37. The first-order valence-corrected chi connectivity index (χ1v) is 10.0. The van der Waals surface area contributed by atoms with Gasteiger partial charge in [0.05, 0.1) is 18.3 Å². The van der Waals surface area contributed by atoms with E-state index in [2.05, 4.69) is 10.2 Å². The second-order valence-electron chi connectivity index (χ2n) is 7.90. The number of urea groups is 1. The Kier molecular flexibility index (Phi) is 5.04. The van der Waals surface area contributed by atoms with Gasteiger partial charge in [-0.05, 0) is 38.0 Å². The van der Waals surface area contributed by atoms with Crippen LogP contribution in [-0.4, -0.2) is 75.5 Å². The molecule has 4 atom stereocenters. The van der Waals surface area contributed by atoms with Gasteiger partial charge in [-0.25, -0.2) is 14.1 Å². The number of nitrogens with zero attached hydrogens (tertiary/aromatic N) is 5. The van der Waals surface area contributed by atoms with E-state index in [1.165, 1.54) is 17.0 Å². The van der Waals surface area contributed by atoms with Crippen molar-refractivity contribution in [3.63, 3.8) is 0 Å². The summed E-state index contributed by atoms with van der Waals surface area (Å²) in [5.74, 6) is -0.452. The van der Waals surface area contributed by atoms with Crippen molar-refractivity contribution in [2.75, 3.05) is 13.6 Å². The SMILES string of the molecule is CCCN1C(=O)C2C(NC3N(Cc4ccc(F)cc4)N=C(C)C(C)N23)N(C)C1=O. The van der Waals surface area contributed by atoms with E-state index in [0.29, 0.717) is 19.5 Å². The maximum Gasteiger partial charge on any atom is 0.327 e. The van der Waals surface area contributed by atoms with Crippen LogP contribution < -0.4 is 5.32 Å². The molecule has 0 aromatic heterocycles. The van der Waals surface area contributed by atoms with E-state index in [1.54, 1.807) is 24.1 Å². The van der Waals surface area contributed by atoms with E-state index in [-0.39, 0.29) is 30.1 Å². The molecule has 3 heterocycles. The molecule has 0 aliphatic carbocycles. The lowest BCUT2D eigenvalue weighted by Crippen LogP contribution is -2.67. The lowest BCUT2D eigenvalue weighted by atomic mass is 10.1. The molecule has 0 radical (unpaired) electrons. The van der Waals surface area contributed by atoms with Gasteiger partial charge in [-0.1, -0.05) is 19.1 Å². The minimum absolute atomic E-state index is 0.0546. The van der Waals surface area contributed by atoms with Crippen LogP contribution in [0.15, 0.2) is 29.4 Å². The zero-order valence-electron chi connectivity index (χ0n) is 17.2. The van der Waals surface area contributed by atoms with Gasteiger partial charge in [-0.2, -0.15) is 5.10 Å². The third-order valence-corrected chi connectivity index (χ3v) is 6.02. The van der Waals surface area contributed by atoms with Crippen molar-refractivity contribution in [1.29, 1.82) is 0 Å². The largest absolute Gasteiger partial charge is 0.327 e. The van der Waals surface area contributed by atoms with Crippen molar-refractivity contribution in [3.8, 4) is 0 Å². The molecule has 1 aromatic rings. The number of hydrazone groups is 1. The van der Waals surface area contributed by atoms with Crippen LogP contribution in [0.1, 0.15) is 32.8 Å². The van der Waals surface area contributed by atoms with Crippen LogP contribution in [0.2, 0.25) is 0 Å². The van der Waals surface area contributed by atoms with Crippen LogP contribution in [0.5, 0.6) is 0 Å². The quantitative estimate of drug-likeness (QED) is 0.828. The third kappa shape index (κ3) is 3.18. The molecule has 8 nitrogen and oxygen atoms in total. The molecule has 2 saturated heterocycles. The van der Waals surface area contributed by atoms with Crippen molar-refractivity contribution in [2.45, 2.75) is 58.3 Å². The number of halogens is 1. The van der Waals surface area contributed by atoms with Crippen LogP contribution in [0.25, 0.3) is 0 Å². The zero-order chi connectivity index (χ0) is 20.9. The molecule has 9 heteroatoms. The molecule has 0 saturated carbocycles. The summed E-state index contributed by atoms with van der Waals surface area (Å²) in [5, 5.41) is 10.0. The topological polar surface area (TPSA) is 71.5 Å². The van der Waals surface area contributed by atoms with Gasteiger partial charge in [0, 0.05) is 13.6 Å². The van der Waals surface area contributed by atoms with Crippen LogP contribution in [0.3, 0.4) is 0 Å². The Morgan fingerprint density at radius 3 is 2.55 bits per heavy atom. The third-order valence-electron chi connectivity index (χ3n) is 6.02. The number of rotatable bonds is 4. The Balaban J connectivity index is 1.66. The number of hydrogen-bond acceptors (Lipinski definition) is 6. The predicted molar refractivity (Wildman–Crippen MR) is 106 cm³/mol. The highest BCUT2D eigenvalue weighted by atomic mass is 19.1.